The molecule has 3 aromatic heterocycles. The van der Waals surface area contributed by atoms with Gasteiger partial charge >= 0.3 is 5.69 Å². The molecule has 18 heteroatoms. The maximum atomic E-state index is 16.2. The Morgan fingerprint density at radius 2 is 1.70 bits per heavy atom. The van der Waals surface area contributed by atoms with Crippen molar-refractivity contribution in [3.8, 4) is 0 Å². The molecule has 1 saturated carbocycles. The van der Waals surface area contributed by atoms with Crippen molar-refractivity contribution in [2.24, 2.45) is 18.4 Å². The number of nitrogens with one attached hydrogen (secondary N) is 2. The predicted octanol–water partition coefficient (Wildman–Crippen LogP) is 5.96. The Labute approximate surface area is 369 Å². The number of hydrogen-bond acceptors (Lipinski definition) is 11. The van der Waals surface area contributed by atoms with E-state index in [-0.39, 0.29) is 46.2 Å². The molecule has 0 bridgehead atoms. The van der Waals surface area contributed by atoms with Crippen molar-refractivity contribution in [2.75, 3.05) is 42.9 Å². The molecule has 4 fully saturated rings. The highest BCUT2D eigenvalue weighted by Gasteiger charge is 2.51. The Bertz CT molecular complexity index is 2920. The molecule has 6 heterocycles. The van der Waals surface area contributed by atoms with Gasteiger partial charge in [-0.3, -0.25) is 33.4 Å². The van der Waals surface area contributed by atoms with Crippen molar-refractivity contribution in [3.63, 3.8) is 0 Å². The Morgan fingerprint density at radius 3 is 2.37 bits per heavy atom. The maximum absolute atomic E-state index is 16.2. The lowest BCUT2D eigenvalue weighted by atomic mass is 9.63. The molecule has 4 aliphatic rings. The van der Waals surface area contributed by atoms with Gasteiger partial charge in [0.1, 0.15) is 22.2 Å². The van der Waals surface area contributed by atoms with Crippen molar-refractivity contribution in [3.05, 3.63) is 79.8 Å². The average Bonchev–Trinajstić information content (AvgIpc) is 3.47. The van der Waals surface area contributed by atoms with E-state index in [0.29, 0.717) is 64.7 Å². The summed E-state index contributed by atoms with van der Waals surface area (Å²) >= 11 is 6.23. The van der Waals surface area contributed by atoms with Crippen molar-refractivity contribution in [2.45, 2.75) is 101 Å². The van der Waals surface area contributed by atoms with Gasteiger partial charge in [0, 0.05) is 55.9 Å². The number of aryl methyl sites for hydroxylation is 2. The summed E-state index contributed by atoms with van der Waals surface area (Å²) in [5, 5.41) is 5.80. The molecule has 2 N–H and O–H groups in total. The fraction of sp³-hybridized carbons (Fsp3) is 0.511. The van der Waals surface area contributed by atoms with E-state index in [1.165, 1.54) is 16.2 Å². The zero-order valence-electron chi connectivity index (χ0n) is 36.2. The Balaban J connectivity index is 0.779. The van der Waals surface area contributed by atoms with E-state index in [9.17, 15) is 27.6 Å². The second-order valence-electron chi connectivity index (χ2n) is 19.1. The molecule has 1 unspecified atom stereocenters. The van der Waals surface area contributed by atoms with Gasteiger partial charge in [-0.2, -0.15) is 4.98 Å². The number of anilines is 3. The van der Waals surface area contributed by atoms with E-state index in [1.54, 1.807) is 47.2 Å². The molecule has 1 atom stereocenters. The zero-order chi connectivity index (χ0) is 44.7. The SMILES string of the molecule is Cc1cc(S(=O)(=O)C2CC3(CCN(CC4CCN(c5ccc6c(c5F)n(C)c(=O)n6C5CCC(=O)NC5=O)CC4)CC3)C2)ccc1Nc1ncc2cc(Cl)c(=O)n(C(C)(C)C)c2n1. The number of fused-ring (bicyclic) bond motifs is 2. The van der Waals surface area contributed by atoms with E-state index in [0.717, 1.165) is 50.9 Å². The second-order valence-corrected chi connectivity index (χ2v) is 21.8. The van der Waals surface area contributed by atoms with Crippen LogP contribution in [-0.4, -0.2) is 86.8 Å². The highest BCUT2D eigenvalue weighted by molar-refractivity contribution is 7.92. The van der Waals surface area contributed by atoms with E-state index < -0.39 is 44.1 Å². The van der Waals surface area contributed by atoms with Crippen LogP contribution in [0.3, 0.4) is 0 Å². The topological polar surface area (TPSA) is 174 Å². The number of carbonyl (C=O) groups excluding carboxylic acids is 2. The largest absolute Gasteiger partial charge is 0.369 e. The molecule has 63 heavy (non-hydrogen) atoms. The quantitative estimate of drug-likeness (QED) is 0.176. The number of imidazole rings is 1. The lowest BCUT2D eigenvalue weighted by Gasteiger charge is -2.52. The van der Waals surface area contributed by atoms with Gasteiger partial charge in [-0.05, 0) is 139 Å². The number of nitrogens with zero attached hydrogens (tertiary/aromatic N) is 7. The number of amides is 2. The molecule has 15 nitrogen and oxygen atoms in total. The monoisotopic (exact) mass is 901 g/mol. The molecule has 5 aromatic rings. The summed E-state index contributed by atoms with van der Waals surface area (Å²) in [6.45, 7) is 11.7. The fourth-order valence-corrected chi connectivity index (χ4v) is 12.7. The van der Waals surface area contributed by atoms with Crippen LogP contribution in [0.25, 0.3) is 22.1 Å². The van der Waals surface area contributed by atoms with E-state index >= 15 is 4.39 Å². The van der Waals surface area contributed by atoms with Crippen molar-refractivity contribution < 1.29 is 22.4 Å². The number of sulfone groups is 1. The highest BCUT2D eigenvalue weighted by atomic mass is 35.5. The van der Waals surface area contributed by atoms with Crippen molar-refractivity contribution in [1.82, 2.24) is 33.9 Å². The molecule has 334 valence electrons. The first-order chi connectivity index (χ1) is 29.8. The smallest absolute Gasteiger partial charge is 0.329 e. The minimum atomic E-state index is -3.54. The minimum Gasteiger partial charge on any atom is -0.369 e. The Morgan fingerprint density at radius 1 is 0.984 bits per heavy atom. The van der Waals surface area contributed by atoms with Gasteiger partial charge in [0.05, 0.1) is 21.3 Å². The summed E-state index contributed by atoms with van der Waals surface area (Å²) in [4.78, 5) is 64.4. The van der Waals surface area contributed by atoms with Crippen LogP contribution in [0.5, 0.6) is 0 Å². The summed E-state index contributed by atoms with van der Waals surface area (Å²) in [5.74, 6) is -0.692. The number of hydrogen-bond donors (Lipinski definition) is 2. The molecule has 3 saturated heterocycles. The van der Waals surface area contributed by atoms with Gasteiger partial charge in [0.2, 0.25) is 17.8 Å². The predicted molar refractivity (Wildman–Crippen MR) is 240 cm³/mol. The Kier molecular flexibility index (Phi) is 10.8. The highest BCUT2D eigenvalue weighted by Crippen LogP contribution is 2.53. The van der Waals surface area contributed by atoms with Crippen LogP contribution in [-0.2, 0) is 32.0 Å². The molecular formula is C45H53ClFN9O6S. The summed E-state index contributed by atoms with van der Waals surface area (Å²) < 4.78 is 48.1. The molecule has 3 aliphatic heterocycles. The number of pyridine rings is 1. The van der Waals surface area contributed by atoms with Gasteiger partial charge in [0.25, 0.3) is 5.56 Å². The molecule has 9 rings (SSSR count). The minimum absolute atomic E-state index is 0.0348. The summed E-state index contributed by atoms with van der Waals surface area (Å²) in [7, 11) is -2.04. The third kappa shape index (κ3) is 7.73. The number of likely N-dealkylation sites (tertiary alicyclic amines) is 1. The normalized spacial score (nSPS) is 20.4. The standard InChI is InChI=1S/C45H53ClFN9O6S/c1-26-20-29(6-7-32(26)49-42-48-24-28-21-31(46)41(59)56(39(28)51-42)44(2,3)4)63(61,62)30-22-45(23-30)14-18-53(19-15-45)25-27-12-16-54(17-13-27)33-8-9-34-38(37(33)47)52(5)43(60)55(34)35-10-11-36(57)50-40(35)58/h6-9,20-21,24,27,30,35H,10-19,22-23,25H2,1-5H3,(H,48,49,51)(H,50,57,58). The van der Waals surface area contributed by atoms with E-state index in [4.69, 9.17) is 11.6 Å². The van der Waals surface area contributed by atoms with Crippen LogP contribution in [0.15, 0.2) is 57.1 Å². The van der Waals surface area contributed by atoms with Crippen LogP contribution >= 0.6 is 11.6 Å². The van der Waals surface area contributed by atoms with Gasteiger partial charge in [-0.25, -0.2) is 22.6 Å². The third-order valence-corrected chi connectivity index (χ3v) is 16.4. The first kappa shape index (κ1) is 43.1. The number of halogens is 2. The maximum Gasteiger partial charge on any atom is 0.329 e. The molecular weight excluding hydrogens is 849 g/mol. The first-order valence-electron chi connectivity index (χ1n) is 21.7. The number of benzene rings is 2. The van der Waals surface area contributed by atoms with Crippen molar-refractivity contribution >= 4 is 72.6 Å². The number of aromatic nitrogens is 5. The van der Waals surface area contributed by atoms with Gasteiger partial charge in [-0.15, -0.1) is 0 Å². The third-order valence-electron chi connectivity index (χ3n) is 14.0. The lowest BCUT2D eigenvalue weighted by Crippen LogP contribution is -2.52. The van der Waals surface area contributed by atoms with Gasteiger partial charge in [0.15, 0.2) is 15.7 Å². The average molecular weight is 902 g/mol. The van der Waals surface area contributed by atoms with Crippen LogP contribution in [0.4, 0.5) is 21.7 Å². The number of rotatable bonds is 8. The summed E-state index contributed by atoms with van der Waals surface area (Å²) in [5.41, 5.74) is 1.38. The molecule has 0 radical (unpaired) electrons. The van der Waals surface area contributed by atoms with E-state index in [2.05, 4.69) is 25.5 Å². The van der Waals surface area contributed by atoms with Crippen LogP contribution in [0, 0.1) is 24.1 Å². The summed E-state index contributed by atoms with van der Waals surface area (Å²) in [6, 6.07) is 9.18. The van der Waals surface area contributed by atoms with Gasteiger partial charge in [-0.1, -0.05) is 11.6 Å². The molecule has 1 aliphatic carbocycles. The first-order valence-corrected chi connectivity index (χ1v) is 23.7. The molecule has 2 amide bonds. The van der Waals surface area contributed by atoms with E-state index in [1.807, 2.05) is 32.6 Å². The van der Waals surface area contributed by atoms with Crippen LogP contribution in [0.2, 0.25) is 5.02 Å². The van der Waals surface area contributed by atoms with Crippen LogP contribution in [0.1, 0.15) is 83.7 Å². The lowest BCUT2D eigenvalue weighted by molar-refractivity contribution is -0.135. The number of piperidine rings is 3. The summed E-state index contributed by atoms with van der Waals surface area (Å²) in [6.07, 6.45) is 6.94. The van der Waals surface area contributed by atoms with Crippen LogP contribution < -0.4 is 26.8 Å². The molecule has 2 aromatic carbocycles. The molecule has 1 spiro atoms. The zero-order valence-corrected chi connectivity index (χ0v) is 37.8. The Hall–Kier alpha value is -5.13. The number of carbonyl (C=O) groups is 2. The number of imide groups is 1. The second kappa shape index (κ2) is 15.8. The van der Waals surface area contributed by atoms with Gasteiger partial charge < -0.3 is 15.1 Å². The van der Waals surface area contributed by atoms with Crippen molar-refractivity contribution in [1.29, 1.82) is 0 Å². The fourth-order valence-electron chi connectivity index (χ4n) is 10.4.